The van der Waals surface area contributed by atoms with Crippen LogP contribution in [-0.4, -0.2) is 60.3 Å². The molecule has 0 saturated carbocycles. The minimum Gasteiger partial charge on any atom is -0.497 e. The van der Waals surface area contributed by atoms with Gasteiger partial charge in [-0.05, 0) is 72.7 Å². The van der Waals surface area contributed by atoms with Gasteiger partial charge in [0.05, 0.1) is 13.7 Å². The highest BCUT2D eigenvalue weighted by Crippen LogP contribution is 2.42. The van der Waals surface area contributed by atoms with Crippen molar-refractivity contribution in [2.45, 2.75) is 32.9 Å². The first kappa shape index (κ1) is 26.3. The molecule has 2 aromatic carbocycles. The van der Waals surface area contributed by atoms with E-state index in [0.717, 1.165) is 36.6 Å². The van der Waals surface area contributed by atoms with E-state index in [2.05, 4.69) is 50.3 Å². The highest BCUT2D eigenvalue weighted by molar-refractivity contribution is 5.93. The summed E-state index contributed by atoms with van der Waals surface area (Å²) in [6.45, 7) is 8.48. The fourth-order valence-corrected chi connectivity index (χ4v) is 6.18. The number of carbonyl (C=O) groups excluding carboxylic acids is 1. The van der Waals surface area contributed by atoms with Crippen molar-refractivity contribution in [3.8, 4) is 5.75 Å². The number of aromatic nitrogens is 2. The van der Waals surface area contributed by atoms with Crippen LogP contribution < -0.4 is 15.1 Å². The standard InChI is InChI=1S/C32H37N5O3/c1-3-40-34-31(38)26-8-4-25(5-9-26)21-37-17-13-28-29(12-16-33-30(28)37)36-18-14-32(15-19-36)22-35(23-32)20-24-6-10-27(39-2)11-7-24/h4-13,16-17H,3,14-15,18-23H2,1-2H3,(H,34,38). The predicted molar refractivity (Wildman–Crippen MR) is 157 cm³/mol. The van der Waals surface area contributed by atoms with Crippen molar-refractivity contribution >= 4 is 22.6 Å². The number of benzene rings is 2. The summed E-state index contributed by atoms with van der Waals surface area (Å²) in [5, 5.41) is 1.20. The van der Waals surface area contributed by atoms with Gasteiger partial charge in [-0.25, -0.2) is 10.5 Å². The lowest BCUT2D eigenvalue weighted by molar-refractivity contribution is -0.0239. The molecule has 4 aromatic rings. The van der Waals surface area contributed by atoms with Gasteiger partial charge < -0.3 is 14.2 Å². The van der Waals surface area contributed by atoms with Gasteiger partial charge >= 0.3 is 0 Å². The van der Waals surface area contributed by atoms with Crippen molar-refractivity contribution in [3.05, 3.63) is 89.7 Å². The molecule has 0 aliphatic carbocycles. The molecule has 6 rings (SSSR count). The van der Waals surface area contributed by atoms with E-state index in [0.29, 0.717) is 24.1 Å². The number of fused-ring (bicyclic) bond motifs is 1. The van der Waals surface area contributed by atoms with Gasteiger partial charge in [0.1, 0.15) is 11.4 Å². The number of nitrogens with one attached hydrogen (secondary N) is 1. The minimum atomic E-state index is -0.235. The first-order valence-corrected chi connectivity index (χ1v) is 14.1. The summed E-state index contributed by atoms with van der Waals surface area (Å²) in [6, 6.07) is 20.4. The molecule has 0 unspecified atom stereocenters. The van der Waals surface area contributed by atoms with E-state index < -0.39 is 0 Å². The Hall–Kier alpha value is -3.88. The molecule has 208 valence electrons. The Morgan fingerprint density at radius 2 is 1.65 bits per heavy atom. The Balaban J connectivity index is 1.06. The normalized spacial score (nSPS) is 16.7. The van der Waals surface area contributed by atoms with Gasteiger partial charge in [-0.3, -0.25) is 14.5 Å². The summed E-state index contributed by atoms with van der Waals surface area (Å²) in [4.78, 5) is 27.0. The second kappa shape index (κ2) is 11.3. The third kappa shape index (κ3) is 5.42. The van der Waals surface area contributed by atoms with Crippen LogP contribution in [0.25, 0.3) is 11.0 Å². The van der Waals surface area contributed by atoms with E-state index >= 15 is 0 Å². The maximum Gasteiger partial charge on any atom is 0.274 e. The van der Waals surface area contributed by atoms with Gasteiger partial charge in [0.15, 0.2) is 0 Å². The number of piperidine rings is 1. The summed E-state index contributed by atoms with van der Waals surface area (Å²) < 4.78 is 7.47. The van der Waals surface area contributed by atoms with Crippen molar-refractivity contribution in [1.82, 2.24) is 19.9 Å². The van der Waals surface area contributed by atoms with Crippen molar-refractivity contribution in [3.63, 3.8) is 0 Å². The molecule has 2 aliphatic heterocycles. The van der Waals surface area contributed by atoms with Crippen LogP contribution >= 0.6 is 0 Å². The highest BCUT2D eigenvalue weighted by atomic mass is 16.6. The molecule has 0 radical (unpaired) electrons. The fourth-order valence-electron chi connectivity index (χ4n) is 6.18. The Morgan fingerprint density at radius 3 is 2.35 bits per heavy atom. The van der Waals surface area contributed by atoms with E-state index in [1.54, 1.807) is 7.11 Å². The Bertz CT molecular complexity index is 1450. The molecule has 0 atom stereocenters. The average molecular weight is 540 g/mol. The van der Waals surface area contributed by atoms with Gasteiger partial charge in [0.2, 0.25) is 0 Å². The largest absolute Gasteiger partial charge is 0.497 e. The molecule has 2 aromatic heterocycles. The Kier molecular flexibility index (Phi) is 7.45. The van der Waals surface area contributed by atoms with Crippen LogP contribution in [0.2, 0.25) is 0 Å². The van der Waals surface area contributed by atoms with Gasteiger partial charge in [-0.2, -0.15) is 0 Å². The van der Waals surface area contributed by atoms with Gasteiger partial charge in [-0.15, -0.1) is 0 Å². The van der Waals surface area contributed by atoms with Crippen LogP contribution in [0.5, 0.6) is 5.75 Å². The molecule has 1 N–H and O–H groups in total. The molecule has 8 nitrogen and oxygen atoms in total. The molecule has 4 heterocycles. The van der Waals surface area contributed by atoms with Crippen LogP contribution in [0.15, 0.2) is 73.1 Å². The molecule has 8 heteroatoms. The Labute approximate surface area is 235 Å². The summed E-state index contributed by atoms with van der Waals surface area (Å²) in [7, 11) is 1.71. The highest BCUT2D eigenvalue weighted by Gasteiger charge is 2.44. The molecule has 1 amide bonds. The molecular formula is C32H37N5O3. The van der Waals surface area contributed by atoms with E-state index in [1.807, 2.05) is 49.5 Å². The summed E-state index contributed by atoms with van der Waals surface area (Å²) in [6.07, 6.45) is 6.49. The summed E-state index contributed by atoms with van der Waals surface area (Å²) >= 11 is 0. The minimum absolute atomic E-state index is 0.235. The molecule has 40 heavy (non-hydrogen) atoms. The zero-order valence-electron chi connectivity index (χ0n) is 23.3. The van der Waals surface area contributed by atoms with E-state index in [-0.39, 0.29) is 5.91 Å². The predicted octanol–water partition coefficient (Wildman–Crippen LogP) is 4.88. The lowest BCUT2D eigenvalue weighted by atomic mass is 9.71. The second-order valence-corrected chi connectivity index (χ2v) is 11.1. The van der Waals surface area contributed by atoms with Gasteiger partial charge in [0, 0.05) is 68.3 Å². The quantitative estimate of drug-likeness (QED) is 0.306. The number of anilines is 1. The number of hydrogen-bond donors (Lipinski definition) is 1. The zero-order chi connectivity index (χ0) is 27.5. The molecule has 2 saturated heterocycles. The monoisotopic (exact) mass is 539 g/mol. The second-order valence-electron chi connectivity index (χ2n) is 11.1. The van der Waals surface area contributed by atoms with Crippen molar-refractivity contribution in [2.75, 3.05) is 44.8 Å². The number of carbonyl (C=O) groups is 1. The van der Waals surface area contributed by atoms with Crippen molar-refractivity contribution < 1.29 is 14.4 Å². The number of amides is 1. The molecule has 2 aliphatic rings. The van der Waals surface area contributed by atoms with E-state index in [9.17, 15) is 4.79 Å². The number of likely N-dealkylation sites (tertiary alicyclic amines) is 1. The number of ether oxygens (including phenoxy) is 1. The van der Waals surface area contributed by atoms with E-state index in [1.165, 1.54) is 42.6 Å². The maximum atomic E-state index is 12.1. The number of nitrogens with zero attached hydrogens (tertiary/aromatic N) is 4. The number of pyridine rings is 1. The maximum absolute atomic E-state index is 12.1. The third-order valence-electron chi connectivity index (χ3n) is 8.37. The van der Waals surface area contributed by atoms with Gasteiger partial charge in [0.25, 0.3) is 5.91 Å². The fraction of sp³-hybridized carbons (Fsp3) is 0.375. The summed E-state index contributed by atoms with van der Waals surface area (Å²) in [5.41, 5.74) is 8.19. The third-order valence-corrected chi connectivity index (χ3v) is 8.37. The first-order chi connectivity index (χ1) is 19.6. The SMILES string of the molecule is CCONC(=O)c1ccc(Cn2ccc3c(N4CCC5(CC4)CN(Cc4ccc(OC)cc4)C5)ccnc32)cc1. The Morgan fingerprint density at radius 1 is 0.950 bits per heavy atom. The van der Waals surface area contributed by atoms with Crippen molar-refractivity contribution in [1.29, 1.82) is 0 Å². The molecule has 2 fully saturated rings. The average Bonchev–Trinajstić information content (AvgIpc) is 3.39. The van der Waals surface area contributed by atoms with Crippen LogP contribution in [-0.2, 0) is 17.9 Å². The van der Waals surface area contributed by atoms with Crippen LogP contribution in [0.3, 0.4) is 0 Å². The van der Waals surface area contributed by atoms with Crippen LogP contribution in [0.4, 0.5) is 5.69 Å². The number of hydroxylamine groups is 1. The summed E-state index contributed by atoms with van der Waals surface area (Å²) in [5.74, 6) is 0.677. The molecular weight excluding hydrogens is 502 g/mol. The molecule has 0 bridgehead atoms. The zero-order valence-corrected chi connectivity index (χ0v) is 23.3. The first-order valence-electron chi connectivity index (χ1n) is 14.1. The lowest BCUT2D eigenvalue weighted by Gasteiger charge is -2.54. The lowest BCUT2D eigenvalue weighted by Crippen LogP contribution is -2.59. The topological polar surface area (TPSA) is 71.9 Å². The number of methoxy groups -OCH3 is 1. The van der Waals surface area contributed by atoms with Crippen LogP contribution in [0.1, 0.15) is 41.3 Å². The molecule has 1 spiro atoms. The van der Waals surface area contributed by atoms with Crippen molar-refractivity contribution in [2.24, 2.45) is 5.41 Å². The van der Waals surface area contributed by atoms with Gasteiger partial charge in [-0.1, -0.05) is 24.3 Å². The number of hydrogen-bond acceptors (Lipinski definition) is 6. The number of rotatable bonds is 9. The van der Waals surface area contributed by atoms with Crippen LogP contribution in [0, 0.1) is 5.41 Å². The van der Waals surface area contributed by atoms with E-state index in [4.69, 9.17) is 14.6 Å². The smallest absolute Gasteiger partial charge is 0.274 e.